The number of aromatic nitrogens is 3. The summed E-state index contributed by atoms with van der Waals surface area (Å²) in [4.78, 5) is 4.37. The first kappa shape index (κ1) is 14.3. The number of nitrogens with one attached hydrogen (secondary N) is 2. The lowest BCUT2D eigenvalue weighted by Crippen LogP contribution is -2.05. The van der Waals surface area contributed by atoms with Gasteiger partial charge in [-0.1, -0.05) is 48.0 Å². The second-order valence-electron chi connectivity index (χ2n) is 4.64. The molecule has 0 aliphatic heterocycles. The maximum atomic E-state index is 5.95. The normalized spacial score (nSPS) is 10.2. The first-order valence-corrected chi connectivity index (χ1v) is 7.17. The van der Waals surface area contributed by atoms with E-state index in [0.717, 1.165) is 5.69 Å². The molecule has 0 atom stereocenters. The molecule has 22 heavy (non-hydrogen) atoms. The Kier molecular flexibility index (Phi) is 4.46. The molecule has 0 spiro atoms. The van der Waals surface area contributed by atoms with Gasteiger partial charge in [0.1, 0.15) is 0 Å². The van der Waals surface area contributed by atoms with Gasteiger partial charge in [0.05, 0.1) is 6.20 Å². The summed E-state index contributed by atoms with van der Waals surface area (Å²) in [6.07, 6.45) is 1.59. The summed E-state index contributed by atoms with van der Waals surface area (Å²) >= 11 is 5.95. The molecule has 0 fully saturated rings. The molecule has 3 aromatic rings. The Balaban J connectivity index is 1.67. The minimum Gasteiger partial charge on any atom is -0.365 e. The molecule has 2 N–H and O–H groups in total. The fourth-order valence-electron chi connectivity index (χ4n) is 1.93. The Morgan fingerprint density at radius 1 is 1.00 bits per heavy atom. The van der Waals surface area contributed by atoms with Crippen molar-refractivity contribution in [3.05, 3.63) is 71.4 Å². The lowest BCUT2D eigenvalue weighted by Gasteiger charge is -2.08. The number of halogens is 1. The minimum absolute atomic E-state index is 0.417. The minimum atomic E-state index is 0.417. The number of nitrogens with zero attached hydrogens (tertiary/aromatic N) is 3. The van der Waals surface area contributed by atoms with E-state index >= 15 is 0 Å². The van der Waals surface area contributed by atoms with Crippen LogP contribution >= 0.6 is 11.6 Å². The molecule has 1 heterocycles. The SMILES string of the molecule is Clc1cccc(Nc2nncc(NCc3ccccc3)n2)c1. The molecular formula is C16H14ClN5. The van der Waals surface area contributed by atoms with Gasteiger partial charge in [-0.2, -0.15) is 10.1 Å². The van der Waals surface area contributed by atoms with Crippen molar-refractivity contribution in [1.29, 1.82) is 0 Å². The van der Waals surface area contributed by atoms with Crippen molar-refractivity contribution in [2.75, 3.05) is 10.6 Å². The molecule has 0 saturated carbocycles. The summed E-state index contributed by atoms with van der Waals surface area (Å²) in [5.41, 5.74) is 1.99. The molecule has 2 aromatic carbocycles. The van der Waals surface area contributed by atoms with E-state index < -0.39 is 0 Å². The molecule has 0 aliphatic rings. The summed E-state index contributed by atoms with van der Waals surface area (Å²) in [6, 6.07) is 17.4. The van der Waals surface area contributed by atoms with Gasteiger partial charge in [-0.25, -0.2) is 0 Å². The molecule has 110 valence electrons. The summed E-state index contributed by atoms with van der Waals surface area (Å²) in [6.45, 7) is 0.677. The first-order chi connectivity index (χ1) is 10.8. The summed E-state index contributed by atoms with van der Waals surface area (Å²) in [5.74, 6) is 1.07. The molecule has 0 unspecified atom stereocenters. The molecular weight excluding hydrogens is 298 g/mol. The Morgan fingerprint density at radius 2 is 1.86 bits per heavy atom. The molecule has 0 radical (unpaired) electrons. The maximum absolute atomic E-state index is 5.95. The summed E-state index contributed by atoms with van der Waals surface area (Å²) in [7, 11) is 0. The highest BCUT2D eigenvalue weighted by atomic mass is 35.5. The molecule has 1 aromatic heterocycles. The largest absolute Gasteiger partial charge is 0.365 e. The van der Waals surface area contributed by atoms with E-state index in [1.165, 1.54) is 5.56 Å². The van der Waals surface area contributed by atoms with Crippen molar-refractivity contribution in [1.82, 2.24) is 15.2 Å². The van der Waals surface area contributed by atoms with E-state index in [1.807, 2.05) is 48.5 Å². The van der Waals surface area contributed by atoms with Crippen LogP contribution in [0.4, 0.5) is 17.5 Å². The molecule has 3 rings (SSSR count). The van der Waals surface area contributed by atoms with Crippen LogP contribution in [-0.2, 0) is 6.54 Å². The fraction of sp³-hybridized carbons (Fsp3) is 0.0625. The molecule has 0 aliphatic carbocycles. The highest BCUT2D eigenvalue weighted by molar-refractivity contribution is 6.30. The highest BCUT2D eigenvalue weighted by Crippen LogP contribution is 2.18. The zero-order valence-electron chi connectivity index (χ0n) is 11.7. The molecule has 0 amide bonds. The van der Waals surface area contributed by atoms with Crippen LogP contribution in [0.25, 0.3) is 0 Å². The van der Waals surface area contributed by atoms with Crippen molar-refractivity contribution in [3.63, 3.8) is 0 Å². The quantitative estimate of drug-likeness (QED) is 0.748. The monoisotopic (exact) mass is 311 g/mol. The third kappa shape index (κ3) is 3.93. The Hall–Kier alpha value is -2.66. The van der Waals surface area contributed by atoms with Gasteiger partial charge in [-0.15, -0.1) is 5.10 Å². The third-order valence-corrected chi connectivity index (χ3v) is 3.19. The van der Waals surface area contributed by atoms with Crippen molar-refractivity contribution in [3.8, 4) is 0 Å². The predicted octanol–water partition coefficient (Wildman–Crippen LogP) is 3.88. The van der Waals surface area contributed by atoms with Crippen molar-refractivity contribution in [2.24, 2.45) is 0 Å². The topological polar surface area (TPSA) is 62.7 Å². The van der Waals surface area contributed by atoms with E-state index in [2.05, 4.69) is 25.8 Å². The van der Waals surface area contributed by atoms with Gasteiger partial charge in [0.2, 0.25) is 5.95 Å². The lowest BCUT2D eigenvalue weighted by molar-refractivity contribution is 0.966. The van der Waals surface area contributed by atoms with Crippen LogP contribution in [0.3, 0.4) is 0 Å². The smallest absolute Gasteiger partial charge is 0.249 e. The summed E-state index contributed by atoms with van der Waals surface area (Å²) in [5, 5.41) is 14.9. The molecule has 6 heteroatoms. The van der Waals surface area contributed by atoms with E-state index in [9.17, 15) is 0 Å². The number of hydrogen-bond donors (Lipinski definition) is 2. The van der Waals surface area contributed by atoms with Gasteiger partial charge in [-0.3, -0.25) is 0 Å². The number of hydrogen-bond acceptors (Lipinski definition) is 5. The van der Waals surface area contributed by atoms with Crippen LogP contribution in [0.2, 0.25) is 5.02 Å². The van der Waals surface area contributed by atoms with Crippen LogP contribution < -0.4 is 10.6 Å². The van der Waals surface area contributed by atoms with Crippen LogP contribution in [0.1, 0.15) is 5.56 Å². The van der Waals surface area contributed by atoms with E-state index in [-0.39, 0.29) is 0 Å². The first-order valence-electron chi connectivity index (χ1n) is 6.80. The zero-order chi connectivity index (χ0) is 15.2. The fourth-order valence-corrected chi connectivity index (χ4v) is 2.12. The van der Waals surface area contributed by atoms with E-state index in [1.54, 1.807) is 12.3 Å². The van der Waals surface area contributed by atoms with Gasteiger partial charge in [0, 0.05) is 17.3 Å². The third-order valence-electron chi connectivity index (χ3n) is 2.96. The van der Waals surface area contributed by atoms with Gasteiger partial charge in [0.25, 0.3) is 0 Å². The van der Waals surface area contributed by atoms with Crippen molar-refractivity contribution < 1.29 is 0 Å². The van der Waals surface area contributed by atoms with Crippen molar-refractivity contribution >= 4 is 29.1 Å². The van der Waals surface area contributed by atoms with E-state index in [0.29, 0.717) is 23.3 Å². The van der Waals surface area contributed by atoms with Gasteiger partial charge in [0.15, 0.2) is 5.82 Å². The van der Waals surface area contributed by atoms with Gasteiger partial charge in [-0.05, 0) is 23.8 Å². The number of anilines is 3. The lowest BCUT2D eigenvalue weighted by atomic mass is 10.2. The van der Waals surface area contributed by atoms with E-state index in [4.69, 9.17) is 11.6 Å². The zero-order valence-corrected chi connectivity index (χ0v) is 12.5. The molecule has 0 bridgehead atoms. The second kappa shape index (κ2) is 6.87. The van der Waals surface area contributed by atoms with Crippen LogP contribution in [0.5, 0.6) is 0 Å². The highest BCUT2D eigenvalue weighted by Gasteiger charge is 2.02. The van der Waals surface area contributed by atoms with Crippen LogP contribution in [0, 0.1) is 0 Å². The predicted molar refractivity (Wildman–Crippen MR) is 88.3 cm³/mol. The summed E-state index contributed by atoms with van der Waals surface area (Å²) < 4.78 is 0. The maximum Gasteiger partial charge on any atom is 0.249 e. The average molecular weight is 312 g/mol. The Labute approximate surface area is 133 Å². The number of benzene rings is 2. The van der Waals surface area contributed by atoms with Gasteiger partial charge < -0.3 is 10.6 Å². The molecule has 0 saturated heterocycles. The van der Waals surface area contributed by atoms with Gasteiger partial charge >= 0.3 is 0 Å². The van der Waals surface area contributed by atoms with Crippen LogP contribution in [-0.4, -0.2) is 15.2 Å². The Bertz CT molecular complexity index is 748. The average Bonchev–Trinajstić information content (AvgIpc) is 2.54. The van der Waals surface area contributed by atoms with Crippen molar-refractivity contribution in [2.45, 2.75) is 6.54 Å². The van der Waals surface area contributed by atoms with Crippen LogP contribution in [0.15, 0.2) is 60.8 Å². The Morgan fingerprint density at radius 3 is 2.68 bits per heavy atom. The number of rotatable bonds is 5. The standard InChI is InChI=1S/C16H14ClN5/c17-13-7-4-8-14(9-13)20-16-21-15(11-19-22-16)18-10-12-5-2-1-3-6-12/h1-9,11H,10H2,(H2,18,20,21,22). The second-order valence-corrected chi connectivity index (χ2v) is 5.08. The molecule has 5 nitrogen and oxygen atoms in total.